The predicted molar refractivity (Wildman–Crippen MR) is 112 cm³/mol. The van der Waals surface area contributed by atoms with Crippen molar-refractivity contribution in [3.8, 4) is 22.6 Å². The Kier molecular flexibility index (Phi) is 7.31. The molecule has 4 nitrogen and oxygen atoms in total. The van der Waals surface area contributed by atoms with Gasteiger partial charge < -0.3 is 14.6 Å². The molecule has 2 unspecified atom stereocenters. The summed E-state index contributed by atoms with van der Waals surface area (Å²) in [5.41, 5.74) is 0.893. The highest BCUT2D eigenvalue weighted by atomic mass is 35.5. The first-order valence-corrected chi connectivity index (χ1v) is 10.7. The second-order valence-electron chi connectivity index (χ2n) is 8.22. The maximum atomic E-state index is 12.8. The van der Waals surface area contributed by atoms with Gasteiger partial charge in [-0.05, 0) is 66.0 Å². The van der Waals surface area contributed by atoms with Crippen molar-refractivity contribution in [1.29, 1.82) is 0 Å². The maximum absolute atomic E-state index is 12.8. The SMILES string of the molecule is CCC1(CCC(=O)O)CC1c1cc(Cl)c(OCC(F)(F)F)c(-c2ccc(OC(F)(F)F)cc2)c1. The molecule has 0 aliphatic heterocycles. The lowest BCUT2D eigenvalue weighted by atomic mass is 9.90. The predicted octanol–water partition coefficient (Wildman–Crippen LogP) is 7.60. The van der Waals surface area contributed by atoms with Gasteiger partial charge in [0, 0.05) is 12.0 Å². The molecule has 0 heterocycles. The summed E-state index contributed by atoms with van der Waals surface area (Å²) in [6, 6.07) is 7.71. The highest BCUT2D eigenvalue weighted by molar-refractivity contribution is 6.32. The zero-order chi connectivity index (χ0) is 25.3. The lowest BCUT2D eigenvalue weighted by molar-refractivity contribution is -0.274. The molecule has 1 saturated carbocycles. The van der Waals surface area contributed by atoms with E-state index in [1.807, 2.05) is 6.92 Å². The van der Waals surface area contributed by atoms with Crippen LogP contribution in [0.15, 0.2) is 36.4 Å². The fraction of sp³-hybridized carbons (Fsp3) is 0.435. The number of carboxylic acid groups (broad SMARTS) is 1. The van der Waals surface area contributed by atoms with E-state index in [-0.39, 0.29) is 39.7 Å². The summed E-state index contributed by atoms with van der Waals surface area (Å²) in [7, 11) is 0. The molecule has 1 fully saturated rings. The number of hydrogen-bond donors (Lipinski definition) is 1. The Hall–Kier alpha value is -2.62. The third-order valence-electron chi connectivity index (χ3n) is 5.98. The number of halogens is 7. The molecule has 2 aromatic rings. The average molecular weight is 511 g/mol. The lowest BCUT2D eigenvalue weighted by Gasteiger charge is -2.19. The number of carbonyl (C=O) groups is 1. The molecular formula is C23H21ClF6O4. The van der Waals surface area contributed by atoms with E-state index in [2.05, 4.69) is 4.74 Å². The fourth-order valence-corrected chi connectivity index (χ4v) is 4.47. The van der Waals surface area contributed by atoms with E-state index in [4.69, 9.17) is 21.4 Å². The van der Waals surface area contributed by atoms with E-state index in [9.17, 15) is 31.1 Å². The van der Waals surface area contributed by atoms with E-state index in [1.54, 1.807) is 6.07 Å². The van der Waals surface area contributed by atoms with E-state index in [0.717, 1.165) is 12.1 Å². The van der Waals surface area contributed by atoms with Gasteiger partial charge >= 0.3 is 18.5 Å². The zero-order valence-electron chi connectivity index (χ0n) is 17.9. The van der Waals surface area contributed by atoms with Crippen LogP contribution in [0, 0.1) is 5.41 Å². The van der Waals surface area contributed by atoms with Crippen LogP contribution < -0.4 is 9.47 Å². The van der Waals surface area contributed by atoms with Gasteiger partial charge in [0.2, 0.25) is 0 Å². The summed E-state index contributed by atoms with van der Waals surface area (Å²) in [4.78, 5) is 11.0. The standard InChI is InChI=1S/C23H21ClF6O4/c1-2-21(8-7-19(31)32)11-17(21)14-9-16(20(18(24)10-14)33-12-22(25,26)27)13-3-5-15(6-4-13)34-23(28,29)30/h3-6,9-10,17H,2,7-8,11-12H2,1H3,(H,31,32). The third-order valence-corrected chi connectivity index (χ3v) is 6.26. The number of carboxylic acids is 1. The first-order valence-electron chi connectivity index (χ1n) is 10.3. The Labute approximate surface area is 196 Å². The van der Waals surface area contributed by atoms with Gasteiger partial charge in [0.1, 0.15) is 11.5 Å². The van der Waals surface area contributed by atoms with E-state index in [1.165, 1.54) is 18.2 Å². The quantitative estimate of drug-likeness (QED) is 0.353. The van der Waals surface area contributed by atoms with Crippen molar-refractivity contribution >= 4 is 17.6 Å². The summed E-state index contributed by atoms with van der Waals surface area (Å²) >= 11 is 6.31. The molecule has 1 aliphatic carbocycles. The van der Waals surface area contributed by atoms with E-state index >= 15 is 0 Å². The van der Waals surface area contributed by atoms with Crippen LogP contribution in [0.2, 0.25) is 5.02 Å². The molecule has 0 spiro atoms. The molecule has 0 amide bonds. The van der Waals surface area contributed by atoms with Crippen molar-refractivity contribution in [2.75, 3.05) is 6.61 Å². The van der Waals surface area contributed by atoms with E-state index in [0.29, 0.717) is 24.8 Å². The topological polar surface area (TPSA) is 55.8 Å². The van der Waals surface area contributed by atoms with Crippen LogP contribution in [0.3, 0.4) is 0 Å². The second-order valence-corrected chi connectivity index (χ2v) is 8.63. The van der Waals surface area contributed by atoms with Crippen LogP contribution in [0.5, 0.6) is 11.5 Å². The van der Waals surface area contributed by atoms with Crippen molar-refractivity contribution in [3.63, 3.8) is 0 Å². The Morgan fingerprint density at radius 3 is 2.32 bits per heavy atom. The number of ether oxygens (including phenoxy) is 2. The average Bonchev–Trinajstić information content (AvgIpc) is 3.45. The molecule has 0 aromatic heterocycles. The first-order chi connectivity index (χ1) is 15.7. The van der Waals surface area contributed by atoms with Crippen LogP contribution in [-0.2, 0) is 4.79 Å². The van der Waals surface area contributed by atoms with Crippen LogP contribution in [0.25, 0.3) is 11.1 Å². The molecule has 0 saturated heterocycles. The van der Waals surface area contributed by atoms with Crippen molar-refractivity contribution < 1.29 is 45.7 Å². The van der Waals surface area contributed by atoms with Crippen molar-refractivity contribution in [2.24, 2.45) is 5.41 Å². The Balaban J connectivity index is 1.98. The minimum Gasteiger partial charge on any atom is -0.482 e. The third kappa shape index (κ3) is 6.49. The van der Waals surface area contributed by atoms with Gasteiger partial charge in [-0.2, -0.15) is 13.2 Å². The van der Waals surface area contributed by atoms with E-state index < -0.39 is 30.9 Å². The Morgan fingerprint density at radius 2 is 1.79 bits per heavy atom. The largest absolute Gasteiger partial charge is 0.573 e. The van der Waals surface area contributed by atoms with Crippen molar-refractivity contribution in [1.82, 2.24) is 0 Å². The maximum Gasteiger partial charge on any atom is 0.573 e. The second kappa shape index (κ2) is 9.56. The monoisotopic (exact) mass is 510 g/mol. The lowest BCUT2D eigenvalue weighted by Crippen LogP contribution is -2.19. The smallest absolute Gasteiger partial charge is 0.482 e. The molecule has 2 atom stereocenters. The van der Waals surface area contributed by atoms with Crippen molar-refractivity contribution in [2.45, 2.75) is 51.1 Å². The summed E-state index contributed by atoms with van der Waals surface area (Å²) in [6.45, 7) is 0.333. The molecule has 0 radical (unpaired) electrons. The molecule has 3 rings (SSSR count). The zero-order valence-corrected chi connectivity index (χ0v) is 18.7. The van der Waals surface area contributed by atoms with Gasteiger partial charge in [-0.15, -0.1) is 13.2 Å². The molecule has 2 aromatic carbocycles. The van der Waals surface area contributed by atoms with Gasteiger partial charge in [0.05, 0.1) is 5.02 Å². The number of alkyl halides is 6. The van der Waals surface area contributed by atoms with Gasteiger partial charge in [-0.25, -0.2) is 0 Å². The van der Waals surface area contributed by atoms with Gasteiger partial charge in [-0.3, -0.25) is 4.79 Å². The molecule has 11 heteroatoms. The van der Waals surface area contributed by atoms with Gasteiger partial charge in [0.15, 0.2) is 6.61 Å². The summed E-state index contributed by atoms with van der Waals surface area (Å²) in [5.74, 6) is -1.72. The van der Waals surface area contributed by atoms with Gasteiger partial charge in [-0.1, -0.05) is 30.7 Å². The van der Waals surface area contributed by atoms with Crippen molar-refractivity contribution in [3.05, 3.63) is 47.0 Å². The minimum absolute atomic E-state index is 0.0155. The molecule has 1 aliphatic rings. The number of aliphatic carboxylic acids is 1. The summed E-state index contributed by atoms with van der Waals surface area (Å²) in [6.07, 6.45) is -7.71. The molecule has 186 valence electrons. The Morgan fingerprint density at radius 1 is 1.15 bits per heavy atom. The number of benzene rings is 2. The van der Waals surface area contributed by atoms with Gasteiger partial charge in [0.25, 0.3) is 0 Å². The van der Waals surface area contributed by atoms with Crippen LogP contribution in [-0.4, -0.2) is 30.2 Å². The number of hydrogen-bond acceptors (Lipinski definition) is 3. The first kappa shape index (κ1) is 26.0. The highest BCUT2D eigenvalue weighted by Crippen LogP contribution is 2.65. The summed E-state index contributed by atoms with van der Waals surface area (Å²) in [5, 5.41) is 8.96. The minimum atomic E-state index is -4.89. The van der Waals surface area contributed by atoms with Crippen LogP contribution >= 0.6 is 11.6 Å². The molecule has 1 N–H and O–H groups in total. The Bertz CT molecular complexity index is 1040. The molecule has 34 heavy (non-hydrogen) atoms. The summed E-state index contributed by atoms with van der Waals surface area (Å²) < 4.78 is 84.6. The van der Waals surface area contributed by atoms with Crippen LogP contribution in [0.4, 0.5) is 26.3 Å². The molecule has 0 bridgehead atoms. The highest BCUT2D eigenvalue weighted by Gasteiger charge is 2.53. The normalized spacial score (nSPS) is 20.2. The van der Waals surface area contributed by atoms with Crippen LogP contribution in [0.1, 0.15) is 44.1 Å². The fourth-order valence-electron chi connectivity index (χ4n) is 4.19. The number of rotatable bonds is 9. The molecular weight excluding hydrogens is 490 g/mol.